The number of hydrogen-bond donors (Lipinski definition) is 1. The molecule has 0 radical (unpaired) electrons. The summed E-state index contributed by atoms with van der Waals surface area (Å²) in [5.41, 5.74) is 9.17. The van der Waals surface area contributed by atoms with E-state index in [0.717, 1.165) is 23.0 Å². The van der Waals surface area contributed by atoms with Crippen LogP contribution in [0.1, 0.15) is 35.5 Å². The van der Waals surface area contributed by atoms with Gasteiger partial charge in [-0.25, -0.2) is 8.78 Å². The van der Waals surface area contributed by atoms with Gasteiger partial charge in [-0.15, -0.1) is 0 Å². The second-order valence-corrected chi connectivity index (χ2v) is 4.83. The van der Waals surface area contributed by atoms with E-state index in [9.17, 15) is 8.78 Å². The van der Waals surface area contributed by atoms with E-state index in [2.05, 4.69) is 10.2 Å². The number of aromatic nitrogens is 2. The fourth-order valence-electron chi connectivity index (χ4n) is 2.22. The molecule has 0 saturated carbocycles. The van der Waals surface area contributed by atoms with Crippen molar-refractivity contribution in [1.82, 2.24) is 10.2 Å². The second kappa shape index (κ2) is 6.05. The predicted molar refractivity (Wildman–Crippen MR) is 73.1 cm³/mol. The third-order valence-electron chi connectivity index (χ3n) is 3.14. The van der Waals surface area contributed by atoms with E-state index in [1.54, 1.807) is 0 Å². The number of nitrogens with two attached hydrogens (primary N) is 1. The molecule has 0 aliphatic heterocycles. The normalized spacial score (nSPS) is 12.4. The van der Waals surface area contributed by atoms with Gasteiger partial charge >= 0.3 is 0 Å². The minimum Gasteiger partial charge on any atom is -0.324 e. The molecule has 1 heterocycles. The Labute approximate surface area is 116 Å². The van der Waals surface area contributed by atoms with Crippen LogP contribution in [0.3, 0.4) is 0 Å². The van der Waals surface area contributed by atoms with Gasteiger partial charge in [0.1, 0.15) is 11.6 Å². The maximum atomic E-state index is 13.2. The highest BCUT2D eigenvalue weighted by atomic mass is 19.1. The topological polar surface area (TPSA) is 51.8 Å². The van der Waals surface area contributed by atoms with Crippen molar-refractivity contribution in [3.8, 4) is 0 Å². The largest absolute Gasteiger partial charge is 0.324 e. The number of aryl methyl sites for hydroxylation is 2. The van der Waals surface area contributed by atoms with Crippen LogP contribution in [0.2, 0.25) is 0 Å². The molecular weight excluding hydrogens is 260 g/mol. The van der Waals surface area contributed by atoms with Crippen molar-refractivity contribution in [2.24, 2.45) is 5.73 Å². The maximum absolute atomic E-state index is 13.2. The van der Waals surface area contributed by atoms with E-state index in [0.29, 0.717) is 18.4 Å². The molecule has 2 aromatic rings. The molecule has 0 bridgehead atoms. The quantitative estimate of drug-likeness (QED) is 0.935. The molecule has 1 aromatic carbocycles. The number of hydrogen-bond acceptors (Lipinski definition) is 3. The molecule has 0 amide bonds. The van der Waals surface area contributed by atoms with Gasteiger partial charge in [0.15, 0.2) is 0 Å². The fraction of sp³-hybridized carbons (Fsp3) is 0.333. The molecule has 0 saturated heterocycles. The fourth-order valence-corrected chi connectivity index (χ4v) is 2.22. The monoisotopic (exact) mass is 277 g/mol. The highest BCUT2D eigenvalue weighted by molar-refractivity contribution is 5.28. The van der Waals surface area contributed by atoms with Crippen LogP contribution in [0.5, 0.6) is 0 Å². The first kappa shape index (κ1) is 14.5. The number of halogens is 2. The van der Waals surface area contributed by atoms with Gasteiger partial charge in [-0.2, -0.15) is 10.2 Å². The van der Waals surface area contributed by atoms with Crippen LogP contribution in [0.15, 0.2) is 24.3 Å². The molecule has 2 N–H and O–H groups in total. The van der Waals surface area contributed by atoms with Gasteiger partial charge in [-0.3, -0.25) is 0 Å². The average molecular weight is 277 g/mol. The van der Waals surface area contributed by atoms with Gasteiger partial charge in [0.25, 0.3) is 0 Å². The van der Waals surface area contributed by atoms with Crippen LogP contribution in [0, 0.1) is 18.6 Å². The SMILES string of the molecule is CCc1nnc(C)cc1C(N)Cc1cc(F)cc(F)c1. The Balaban J connectivity index is 2.27. The standard InChI is InChI=1S/C15H17F2N3/c1-3-15-13(4-9(2)19-20-15)14(18)7-10-5-11(16)8-12(17)6-10/h4-6,8,14H,3,7,18H2,1-2H3. The smallest absolute Gasteiger partial charge is 0.126 e. The van der Waals surface area contributed by atoms with Gasteiger partial charge in [0.05, 0.1) is 11.4 Å². The van der Waals surface area contributed by atoms with Gasteiger partial charge < -0.3 is 5.73 Å². The zero-order chi connectivity index (χ0) is 14.7. The second-order valence-electron chi connectivity index (χ2n) is 4.83. The molecule has 1 atom stereocenters. The summed E-state index contributed by atoms with van der Waals surface area (Å²) >= 11 is 0. The Morgan fingerprint density at radius 3 is 2.35 bits per heavy atom. The Kier molecular flexibility index (Phi) is 4.39. The zero-order valence-electron chi connectivity index (χ0n) is 11.5. The van der Waals surface area contributed by atoms with E-state index in [1.807, 2.05) is 19.9 Å². The van der Waals surface area contributed by atoms with Crippen molar-refractivity contribution in [2.75, 3.05) is 0 Å². The highest BCUT2D eigenvalue weighted by Crippen LogP contribution is 2.20. The molecule has 0 spiro atoms. The van der Waals surface area contributed by atoms with Gasteiger partial charge in [-0.05, 0) is 49.1 Å². The van der Waals surface area contributed by atoms with Crippen LogP contribution < -0.4 is 5.73 Å². The van der Waals surface area contributed by atoms with E-state index in [1.165, 1.54) is 12.1 Å². The van der Waals surface area contributed by atoms with Crippen LogP contribution in [-0.4, -0.2) is 10.2 Å². The summed E-state index contributed by atoms with van der Waals surface area (Å²) in [6, 6.07) is 4.98. The van der Waals surface area contributed by atoms with E-state index in [-0.39, 0.29) is 6.04 Å². The number of benzene rings is 1. The van der Waals surface area contributed by atoms with Gasteiger partial charge in [0, 0.05) is 12.1 Å². The molecule has 0 aliphatic carbocycles. The number of rotatable bonds is 4. The molecule has 106 valence electrons. The number of nitrogens with zero attached hydrogens (tertiary/aromatic N) is 2. The first-order valence-electron chi connectivity index (χ1n) is 6.53. The first-order chi connectivity index (χ1) is 9.49. The van der Waals surface area contributed by atoms with Crippen molar-refractivity contribution in [1.29, 1.82) is 0 Å². The summed E-state index contributed by atoms with van der Waals surface area (Å²) in [6.45, 7) is 3.81. The van der Waals surface area contributed by atoms with Crippen LogP contribution in [0.25, 0.3) is 0 Å². The molecule has 0 aliphatic rings. The first-order valence-corrected chi connectivity index (χ1v) is 6.53. The van der Waals surface area contributed by atoms with E-state index >= 15 is 0 Å². The molecule has 0 fully saturated rings. The van der Waals surface area contributed by atoms with Crippen LogP contribution >= 0.6 is 0 Å². The third-order valence-corrected chi connectivity index (χ3v) is 3.14. The minimum absolute atomic E-state index is 0.354. The molecular formula is C15H17F2N3. The zero-order valence-corrected chi connectivity index (χ0v) is 11.5. The summed E-state index contributed by atoms with van der Waals surface area (Å²) in [5, 5.41) is 8.12. The third kappa shape index (κ3) is 3.36. The lowest BCUT2D eigenvalue weighted by Gasteiger charge is -2.15. The van der Waals surface area contributed by atoms with Crippen LogP contribution in [0.4, 0.5) is 8.78 Å². The van der Waals surface area contributed by atoms with E-state index in [4.69, 9.17) is 5.73 Å². The summed E-state index contributed by atoms with van der Waals surface area (Å²) in [6.07, 6.45) is 1.07. The lowest BCUT2D eigenvalue weighted by molar-refractivity contribution is 0.576. The van der Waals surface area contributed by atoms with Crippen molar-refractivity contribution < 1.29 is 8.78 Å². The molecule has 5 heteroatoms. The van der Waals surface area contributed by atoms with Gasteiger partial charge in [-0.1, -0.05) is 6.92 Å². The summed E-state index contributed by atoms with van der Waals surface area (Å²) in [5.74, 6) is -1.18. The highest BCUT2D eigenvalue weighted by Gasteiger charge is 2.14. The summed E-state index contributed by atoms with van der Waals surface area (Å²) in [7, 11) is 0. The van der Waals surface area contributed by atoms with E-state index < -0.39 is 11.6 Å². The van der Waals surface area contributed by atoms with Crippen LogP contribution in [-0.2, 0) is 12.8 Å². The molecule has 1 unspecified atom stereocenters. The van der Waals surface area contributed by atoms with Crippen molar-refractivity contribution in [3.05, 3.63) is 58.4 Å². The van der Waals surface area contributed by atoms with Crippen molar-refractivity contribution in [3.63, 3.8) is 0 Å². The summed E-state index contributed by atoms with van der Waals surface area (Å²) in [4.78, 5) is 0. The Bertz CT molecular complexity index is 594. The van der Waals surface area contributed by atoms with Crippen molar-refractivity contribution >= 4 is 0 Å². The predicted octanol–water partition coefficient (Wildman–Crippen LogP) is 2.87. The lowest BCUT2D eigenvalue weighted by Crippen LogP contribution is -2.17. The molecule has 20 heavy (non-hydrogen) atoms. The molecule has 2 rings (SSSR count). The molecule has 1 aromatic heterocycles. The lowest BCUT2D eigenvalue weighted by atomic mass is 9.97. The average Bonchev–Trinajstić information content (AvgIpc) is 2.37. The Morgan fingerprint density at radius 2 is 1.75 bits per heavy atom. The van der Waals surface area contributed by atoms with Gasteiger partial charge in [0.2, 0.25) is 0 Å². The Hall–Kier alpha value is -1.88. The maximum Gasteiger partial charge on any atom is 0.126 e. The molecule has 3 nitrogen and oxygen atoms in total. The summed E-state index contributed by atoms with van der Waals surface area (Å²) < 4.78 is 26.4. The Morgan fingerprint density at radius 1 is 1.10 bits per heavy atom. The minimum atomic E-state index is -0.591. The van der Waals surface area contributed by atoms with Crippen molar-refractivity contribution in [2.45, 2.75) is 32.7 Å².